The molecule has 0 saturated carbocycles. The van der Waals surface area contributed by atoms with Crippen molar-refractivity contribution >= 4 is 71.4 Å². The van der Waals surface area contributed by atoms with Crippen LogP contribution in [0.15, 0.2) is 0 Å². The molecule has 3 N–H and O–H groups in total. The number of aliphatic carboxylic acids is 1. The summed E-state index contributed by atoms with van der Waals surface area (Å²) in [6.07, 6.45) is -4.17. The Morgan fingerprint density at radius 1 is 1.25 bits per heavy atom. The van der Waals surface area contributed by atoms with Gasteiger partial charge in [0.25, 0.3) is 0 Å². The average molecular weight is 202 g/mol. The van der Waals surface area contributed by atoms with Gasteiger partial charge in [-0.2, -0.15) is 0 Å². The summed E-state index contributed by atoms with van der Waals surface area (Å²) in [5, 5.41) is 25.3. The molecule has 0 aromatic heterocycles. The van der Waals surface area contributed by atoms with Crippen molar-refractivity contribution in [2.45, 2.75) is 12.2 Å². The number of aliphatic hydroxyl groups is 2. The number of carbonyl (C=O) groups is 2. The summed E-state index contributed by atoms with van der Waals surface area (Å²) >= 11 is 0. The van der Waals surface area contributed by atoms with Gasteiger partial charge in [-0.05, 0) is 0 Å². The Morgan fingerprint density at radius 2 is 1.67 bits per heavy atom. The number of carboxylic acid groups (broad SMARTS) is 1. The van der Waals surface area contributed by atoms with Crippen LogP contribution in [0.3, 0.4) is 0 Å². The van der Waals surface area contributed by atoms with E-state index in [2.05, 4.69) is 4.65 Å². The number of hydrogen-bond acceptors (Lipinski definition) is 5. The third-order valence-electron chi connectivity index (χ3n) is 0.995. The third-order valence-corrected chi connectivity index (χ3v) is 0.995. The zero-order valence-corrected chi connectivity index (χ0v) is 5.72. The van der Waals surface area contributed by atoms with Gasteiger partial charge < -0.3 is 20.0 Å². The summed E-state index contributed by atoms with van der Waals surface area (Å²) in [5.74, 6) is -2.86. The van der Waals surface area contributed by atoms with Crippen LogP contribution >= 0.6 is 0 Å². The van der Waals surface area contributed by atoms with Crippen molar-refractivity contribution in [3.05, 3.63) is 0 Å². The van der Waals surface area contributed by atoms with E-state index in [4.69, 9.17) is 15.3 Å². The predicted octanol–water partition coefficient (Wildman–Crippen LogP) is -3.76. The molecule has 0 aliphatic carbocycles. The molecule has 0 bridgehead atoms. The second-order valence-corrected chi connectivity index (χ2v) is 1.75. The minimum atomic E-state index is -2.14. The first kappa shape index (κ1) is 15.1. The molecule has 6 nitrogen and oxygen atoms in total. The molecule has 0 rings (SSSR count). The first-order valence-electron chi connectivity index (χ1n) is 2.67. The zero-order chi connectivity index (χ0) is 9.02. The average Bonchev–Trinajstić information content (AvgIpc) is 2.00. The van der Waals surface area contributed by atoms with Crippen molar-refractivity contribution in [2.75, 3.05) is 0 Å². The second-order valence-electron chi connectivity index (χ2n) is 1.75. The van der Waals surface area contributed by atoms with Crippen LogP contribution in [0.1, 0.15) is 0 Å². The Hall–Kier alpha value is 0.561. The van der Waals surface area contributed by atoms with Gasteiger partial charge >= 0.3 is 71.4 Å². The van der Waals surface area contributed by atoms with Crippen LogP contribution in [0.4, 0.5) is 0 Å². The third kappa shape index (κ3) is 4.55. The SMILES string of the molecule is BOC(=O)C(O)C(O)C(=O)O.[KH]. The second kappa shape index (κ2) is 7.01. The first-order valence-corrected chi connectivity index (χ1v) is 2.67. The Bertz CT molecular complexity index is 173. The van der Waals surface area contributed by atoms with E-state index in [9.17, 15) is 9.59 Å². The summed E-state index contributed by atoms with van der Waals surface area (Å²) in [6.45, 7) is 0. The van der Waals surface area contributed by atoms with Gasteiger partial charge in [-0.3, -0.25) is 4.79 Å². The monoisotopic (exact) mass is 202 g/mol. The van der Waals surface area contributed by atoms with Gasteiger partial charge in [-0.25, -0.2) is 4.79 Å². The molecular weight excluding hydrogens is 194 g/mol. The number of carbonyl (C=O) groups excluding carboxylic acids is 1. The maximum absolute atomic E-state index is 10.4. The molecule has 0 radical (unpaired) electrons. The number of hydrogen-bond donors (Lipinski definition) is 3. The standard InChI is InChI=1S/C4H7BO6.K.H/c5-11-4(10)2(7)1(6)3(8)9;;/h1-2,6-7H,5H2,(H,8,9);;. The molecule has 8 heteroatoms. The van der Waals surface area contributed by atoms with Crippen LogP contribution in [0, 0.1) is 0 Å². The van der Waals surface area contributed by atoms with E-state index < -0.39 is 24.1 Å². The van der Waals surface area contributed by atoms with Gasteiger partial charge in [0.2, 0.25) is 0 Å². The van der Waals surface area contributed by atoms with E-state index in [1.807, 2.05) is 0 Å². The van der Waals surface area contributed by atoms with E-state index in [1.165, 1.54) is 0 Å². The summed E-state index contributed by atoms with van der Waals surface area (Å²) < 4.78 is 3.97. The van der Waals surface area contributed by atoms with E-state index in [0.29, 0.717) is 0 Å². The van der Waals surface area contributed by atoms with Gasteiger partial charge in [0.15, 0.2) is 12.2 Å². The minimum absolute atomic E-state index is 0. The van der Waals surface area contributed by atoms with Crippen LogP contribution in [0.5, 0.6) is 0 Å². The molecule has 12 heavy (non-hydrogen) atoms. The molecule has 0 aliphatic heterocycles. The van der Waals surface area contributed by atoms with Crippen LogP contribution in [0.25, 0.3) is 0 Å². The van der Waals surface area contributed by atoms with Crippen molar-refractivity contribution in [3.63, 3.8) is 0 Å². The Labute approximate surface area is 112 Å². The van der Waals surface area contributed by atoms with Gasteiger partial charge in [-0.15, -0.1) is 0 Å². The fourth-order valence-corrected chi connectivity index (χ4v) is 0.385. The van der Waals surface area contributed by atoms with Crippen molar-refractivity contribution in [3.8, 4) is 0 Å². The molecule has 0 aromatic carbocycles. The summed E-state index contributed by atoms with van der Waals surface area (Å²) in [4.78, 5) is 20.3. The molecule has 64 valence electrons. The van der Waals surface area contributed by atoms with Gasteiger partial charge in [0, 0.05) is 0 Å². The van der Waals surface area contributed by atoms with Crippen LogP contribution in [-0.2, 0) is 14.2 Å². The number of rotatable bonds is 3. The van der Waals surface area contributed by atoms with E-state index in [0.717, 1.165) is 8.05 Å². The summed E-state index contributed by atoms with van der Waals surface area (Å²) in [7, 11) is 0.972. The molecule has 0 fully saturated rings. The summed E-state index contributed by atoms with van der Waals surface area (Å²) in [6, 6.07) is 0. The molecule has 2 atom stereocenters. The van der Waals surface area contributed by atoms with Gasteiger partial charge in [0.1, 0.15) is 0 Å². The van der Waals surface area contributed by atoms with Gasteiger partial charge in [0.05, 0.1) is 0 Å². The van der Waals surface area contributed by atoms with Crippen LogP contribution in [-0.4, -0.2) is 98.9 Å². The van der Waals surface area contributed by atoms with Crippen molar-refractivity contribution in [1.29, 1.82) is 0 Å². The van der Waals surface area contributed by atoms with E-state index in [-0.39, 0.29) is 51.4 Å². The number of aliphatic hydroxyl groups excluding tert-OH is 2. The molecular formula is C4H8BKO6. The molecule has 2 unspecified atom stereocenters. The van der Waals surface area contributed by atoms with E-state index in [1.54, 1.807) is 0 Å². The van der Waals surface area contributed by atoms with Crippen molar-refractivity contribution < 1.29 is 29.6 Å². The molecule has 0 amide bonds. The maximum atomic E-state index is 10.4. The molecule has 0 aromatic rings. The van der Waals surface area contributed by atoms with Crippen molar-refractivity contribution in [2.24, 2.45) is 0 Å². The Morgan fingerprint density at radius 3 is 1.92 bits per heavy atom. The zero-order valence-electron chi connectivity index (χ0n) is 5.72. The van der Waals surface area contributed by atoms with Crippen LogP contribution in [0.2, 0.25) is 0 Å². The molecule has 0 aliphatic rings. The van der Waals surface area contributed by atoms with Gasteiger partial charge in [-0.1, -0.05) is 0 Å². The normalized spacial score (nSPS) is 13.8. The Kier molecular flexibility index (Phi) is 8.80. The summed E-state index contributed by atoms with van der Waals surface area (Å²) in [5.41, 5.74) is 0. The fraction of sp³-hybridized carbons (Fsp3) is 0.500. The quantitative estimate of drug-likeness (QED) is 0.406. The first-order chi connectivity index (χ1) is 5.00. The number of carboxylic acids is 1. The Balaban J connectivity index is 0. The predicted molar refractivity (Wildman–Crippen MR) is 41.4 cm³/mol. The van der Waals surface area contributed by atoms with Crippen LogP contribution < -0.4 is 0 Å². The fourth-order valence-electron chi connectivity index (χ4n) is 0.385. The van der Waals surface area contributed by atoms with Crippen molar-refractivity contribution in [1.82, 2.24) is 0 Å². The molecule has 0 saturated heterocycles. The molecule has 0 heterocycles. The van der Waals surface area contributed by atoms with E-state index >= 15 is 0 Å². The molecule has 0 spiro atoms. The topological polar surface area (TPSA) is 104 Å².